The molecule has 16 heavy (non-hydrogen) atoms. The van der Waals surface area contributed by atoms with E-state index in [0.29, 0.717) is 0 Å². The van der Waals surface area contributed by atoms with Crippen molar-refractivity contribution in [3.8, 4) is 11.4 Å². The van der Waals surface area contributed by atoms with E-state index < -0.39 is 0 Å². The molecule has 0 amide bonds. The standard InChI is InChI=1S/C11H11BrN4/c12-9-11-14-5-2-6-16(11)10(15-9)8-3-1-4-13-7-8/h1,3-4,7,14H,2,5-6H2. The molecule has 0 aromatic carbocycles. The Morgan fingerprint density at radius 3 is 3.19 bits per heavy atom. The van der Waals surface area contributed by atoms with Crippen molar-refractivity contribution in [3.63, 3.8) is 0 Å². The molecule has 2 aromatic heterocycles. The first-order valence-corrected chi connectivity index (χ1v) is 6.06. The van der Waals surface area contributed by atoms with Gasteiger partial charge in [-0.3, -0.25) is 4.98 Å². The summed E-state index contributed by atoms with van der Waals surface area (Å²) < 4.78 is 3.08. The molecular weight excluding hydrogens is 268 g/mol. The van der Waals surface area contributed by atoms with Crippen LogP contribution >= 0.6 is 15.9 Å². The van der Waals surface area contributed by atoms with Crippen LogP contribution in [0.2, 0.25) is 0 Å². The summed E-state index contributed by atoms with van der Waals surface area (Å²) in [6, 6.07) is 3.96. The normalized spacial score (nSPS) is 14.3. The van der Waals surface area contributed by atoms with Crippen molar-refractivity contribution >= 4 is 21.7 Å². The lowest BCUT2D eigenvalue weighted by atomic mass is 10.2. The average molecular weight is 279 g/mol. The Hall–Kier alpha value is -1.36. The topological polar surface area (TPSA) is 42.7 Å². The van der Waals surface area contributed by atoms with Gasteiger partial charge in [-0.15, -0.1) is 0 Å². The second-order valence-electron chi connectivity index (χ2n) is 3.75. The quantitative estimate of drug-likeness (QED) is 0.872. The molecule has 4 nitrogen and oxygen atoms in total. The summed E-state index contributed by atoms with van der Waals surface area (Å²) in [5, 5.41) is 3.35. The Morgan fingerprint density at radius 1 is 1.44 bits per heavy atom. The molecule has 0 aliphatic carbocycles. The number of hydrogen-bond acceptors (Lipinski definition) is 3. The van der Waals surface area contributed by atoms with Crippen LogP contribution < -0.4 is 5.32 Å². The highest BCUT2D eigenvalue weighted by atomic mass is 79.9. The Labute approximate surface area is 102 Å². The van der Waals surface area contributed by atoms with Gasteiger partial charge in [0.15, 0.2) is 0 Å². The molecule has 0 fully saturated rings. The molecule has 0 saturated heterocycles. The number of imidazole rings is 1. The van der Waals surface area contributed by atoms with Crippen LogP contribution in [-0.4, -0.2) is 21.1 Å². The zero-order valence-electron chi connectivity index (χ0n) is 8.65. The molecule has 0 unspecified atom stereocenters. The van der Waals surface area contributed by atoms with Gasteiger partial charge in [0.2, 0.25) is 0 Å². The molecule has 3 heterocycles. The lowest BCUT2D eigenvalue weighted by Crippen LogP contribution is -2.17. The molecule has 82 valence electrons. The Kier molecular flexibility index (Phi) is 2.40. The molecule has 0 spiro atoms. The maximum Gasteiger partial charge on any atom is 0.149 e. The van der Waals surface area contributed by atoms with Crippen molar-refractivity contribution in [3.05, 3.63) is 29.1 Å². The van der Waals surface area contributed by atoms with Crippen LogP contribution in [0.25, 0.3) is 11.4 Å². The van der Waals surface area contributed by atoms with Gasteiger partial charge in [-0.1, -0.05) is 0 Å². The number of rotatable bonds is 1. The summed E-state index contributed by atoms with van der Waals surface area (Å²) >= 11 is 3.49. The summed E-state index contributed by atoms with van der Waals surface area (Å²) in [6.45, 7) is 2.02. The van der Waals surface area contributed by atoms with E-state index in [0.717, 1.165) is 41.3 Å². The molecule has 1 N–H and O–H groups in total. The largest absolute Gasteiger partial charge is 0.369 e. The maximum atomic E-state index is 4.54. The van der Waals surface area contributed by atoms with E-state index in [-0.39, 0.29) is 0 Å². The lowest BCUT2D eigenvalue weighted by molar-refractivity contribution is 0.635. The number of nitrogens with one attached hydrogen (secondary N) is 1. The minimum Gasteiger partial charge on any atom is -0.369 e. The molecule has 0 atom stereocenters. The molecule has 1 aliphatic heterocycles. The molecule has 3 rings (SSSR count). The van der Waals surface area contributed by atoms with E-state index in [1.165, 1.54) is 0 Å². The summed E-state index contributed by atoms with van der Waals surface area (Å²) in [6.07, 6.45) is 4.75. The summed E-state index contributed by atoms with van der Waals surface area (Å²) in [7, 11) is 0. The van der Waals surface area contributed by atoms with Gasteiger partial charge in [-0.25, -0.2) is 4.98 Å². The van der Waals surface area contributed by atoms with Crippen LogP contribution in [-0.2, 0) is 6.54 Å². The van der Waals surface area contributed by atoms with Gasteiger partial charge in [0.25, 0.3) is 0 Å². The zero-order chi connectivity index (χ0) is 11.0. The highest BCUT2D eigenvalue weighted by Crippen LogP contribution is 2.31. The molecule has 5 heteroatoms. The third-order valence-corrected chi connectivity index (χ3v) is 3.25. The van der Waals surface area contributed by atoms with Crippen LogP contribution in [0.3, 0.4) is 0 Å². The van der Waals surface area contributed by atoms with E-state index >= 15 is 0 Å². The van der Waals surface area contributed by atoms with Crippen LogP contribution in [0.4, 0.5) is 5.82 Å². The van der Waals surface area contributed by atoms with Gasteiger partial charge >= 0.3 is 0 Å². The Morgan fingerprint density at radius 2 is 2.38 bits per heavy atom. The van der Waals surface area contributed by atoms with Crippen molar-refractivity contribution in [2.24, 2.45) is 0 Å². The van der Waals surface area contributed by atoms with Crippen molar-refractivity contribution in [1.29, 1.82) is 0 Å². The first kappa shape index (κ1) is 9.84. The van der Waals surface area contributed by atoms with E-state index in [2.05, 4.69) is 35.8 Å². The summed E-state index contributed by atoms with van der Waals surface area (Å²) in [5.74, 6) is 2.05. The van der Waals surface area contributed by atoms with Gasteiger partial charge in [-0.05, 0) is 34.5 Å². The van der Waals surface area contributed by atoms with Gasteiger partial charge in [0.05, 0.1) is 0 Å². The molecule has 0 radical (unpaired) electrons. The van der Waals surface area contributed by atoms with Crippen molar-refractivity contribution in [2.75, 3.05) is 11.9 Å². The summed E-state index contributed by atoms with van der Waals surface area (Å²) in [4.78, 5) is 8.67. The van der Waals surface area contributed by atoms with Gasteiger partial charge < -0.3 is 9.88 Å². The second-order valence-corrected chi connectivity index (χ2v) is 4.50. The van der Waals surface area contributed by atoms with Crippen molar-refractivity contribution < 1.29 is 0 Å². The number of fused-ring (bicyclic) bond motifs is 1. The highest BCUT2D eigenvalue weighted by Gasteiger charge is 2.18. The monoisotopic (exact) mass is 278 g/mol. The molecule has 0 bridgehead atoms. The maximum absolute atomic E-state index is 4.54. The van der Waals surface area contributed by atoms with Crippen LogP contribution in [0.1, 0.15) is 6.42 Å². The van der Waals surface area contributed by atoms with E-state index in [9.17, 15) is 0 Å². The number of anilines is 1. The van der Waals surface area contributed by atoms with Gasteiger partial charge in [-0.2, -0.15) is 0 Å². The van der Waals surface area contributed by atoms with E-state index in [1.54, 1.807) is 6.20 Å². The number of nitrogens with zero attached hydrogens (tertiary/aromatic N) is 3. The first-order valence-electron chi connectivity index (χ1n) is 5.26. The number of pyridine rings is 1. The molecule has 1 aliphatic rings. The Bertz CT molecular complexity index is 506. The highest BCUT2D eigenvalue weighted by molar-refractivity contribution is 9.10. The fourth-order valence-electron chi connectivity index (χ4n) is 1.97. The fourth-order valence-corrected chi connectivity index (χ4v) is 2.49. The van der Waals surface area contributed by atoms with Gasteiger partial charge in [0, 0.05) is 31.0 Å². The molecule has 2 aromatic rings. The second kappa shape index (κ2) is 3.90. The van der Waals surface area contributed by atoms with Crippen molar-refractivity contribution in [1.82, 2.24) is 14.5 Å². The van der Waals surface area contributed by atoms with E-state index in [4.69, 9.17) is 0 Å². The molecular formula is C11H11BrN4. The molecule has 0 saturated carbocycles. The van der Waals surface area contributed by atoms with Crippen LogP contribution in [0, 0.1) is 0 Å². The third kappa shape index (κ3) is 1.51. The van der Waals surface area contributed by atoms with Crippen molar-refractivity contribution in [2.45, 2.75) is 13.0 Å². The Balaban J connectivity index is 2.15. The number of aromatic nitrogens is 3. The SMILES string of the molecule is Brc1nc(-c2cccnc2)n2c1NCCC2. The first-order chi connectivity index (χ1) is 7.86. The minimum atomic E-state index is 0.881. The van der Waals surface area contributed by atoms with Crippen LogP contribution in [0.15, 0.2) is 29.1 Å². The third-order valence-electron chi connectivity index (χ3n) is 2.70. The minimum absolute atomic E-state index is 0.881. The lowest BCUT2D eigenvalue weighted by Gasteiger charge is -2.18. The number of halogens is 1. The zero-order valence-corrected chi connectivity index (χ0v) is 10.2. The fraction of sp³-hybridized carbons (Fsp3) is 0.273. The average Bonchev–Trinajstić information content (AvgIpc) is 2.69. The van der Waals surface area contributed by atoms with E-state index in [1.807, 2.05) is 18.3 Å². The smallest absolute Gasteiger partial charge is 0.149 e. The predicted molar refractivity (Wildman–Crippen MR) is 66.3 cm³/mol. The van der Waals surface area contributed by atoms with Crippen LogP contribution in [0.5, 0.6) is 0 Å². The van der Waals surface area contributed by atoms with Gasteiger partial charge in [0.1, 0.15) is 16.2 Å². The predicted octanol–water partition coefficient (Wildman–Crippen LogP) is 2.52. The number of hydrogen-bond donors (Lipinski definition) is 1. The summed E-state index contributed by atoms with van der Waals surface area (Å²) in [5.41, 5.74) is 1.05.